The summed E-state index contributed by atoms with van der Waals surface area (Å²) in [5, 5.41) is 23.9. The molecule has 0 amide bonds. The van der Waals surface area contributed by atoms with Gasteiger partial charge in [-0.2, -0.15) is 0 Å². The average Bonchev–Trinajstić information content (AvgIpc) is 3.43. The highest BCUT2D eigenvalue weighted by atomic mass is 16.5. The van der Waals surface area contributed by atoms with E-state index in [1.54, 1.807) is 0 Å². The lowest BCUT2D eigenvalue weighted by Crippen LogP contribution is -1.97. The molecule has 27 heavy (non-hydrogen) atoms. The number of para-hydroxylation sites is 1. The van der Waals surface area contributed by atoms with Crippen LogP contribution in [-0.4, -0.2) is 19.3 Å². The maximum Gasteiger partial charge on any atom is 0.205 e. The average molecular weight is 358 g/mol. The normalized spacial score (nSPS) is 20.2. The molecule has 2 N–H and O–H groups in total. The van der Waals surface area contributed by atoms with E-state index >= 15 is 0 Å². The van der Waals surface area contributed by atoms with Crippen LogP contribution in [0.3, 0.4) is 0 Å². The molecule has 134 valence electrons. The lowest BCUT2D eigenvalue weighted by atomic mass is 10.0. The highest BCUT2D eigenvalue weighted by molar-refractivity contribution is 6.08. The third-order valence-corrected chi connectivity index (χ3v) is 5.85. The molecule has 2 atom stereocenters. The van der Waals surface area contributed by atoms with E-state index < -0.39 is 0 Å². The molecule has 4 heterocycles. The van der Waals surface area contributed by atoms with Gasteiger partial charge in [0.05, 0.1) is 16.8 Å². The van der Waals surface area contributed by atoms with Gasteiger partial charge in [-0.3, -0.25) is 4.57 Å². The SMILES string of the molecule is CCn1c2ccccc2c2cc(-n3c(O)c4c(c3O)[C@H]3C=C[C@@H]4O3)ccc21. The zero-order chi connectivity index (χ0) is 18.3. The van der Waals surface area contributed by atoms with E-state index in [4.69, 9.17) is 4.74 Å². The molecule has 0 aliphatic carbocycles. The Balaban J connectivity index is 1.63. The molecule has 0 spiro atoms. The van der Waals surface area contributed by atoms with E-state index in [1.807, 2.05) is 36.4 Å². The molecule has 0 saturated carbocycles. The molecule has 2 bridgehead atoms. The van der Waals surface area contributed by atoms with Crippen molar-refractivity contribution in [2.45, 2.75) is 25.7 Å². The minimum absolute atomic E-state index is 0.0536. The zero-order valence-corrected chi connectivity index (χ0v) is 14.8. The maximum absolute atomic E-state index is 10.8. The summed E-state index contributed by atoms with van der Waals surface area (Å²) in [6.07, 6.45) is 3.30. The fourth-order valence-electron chi connectivity index (χ4n) is 4.69. The van der Waals surface area contributed by atoms with Crippen LogP contribution in [0.1, 0.15) is 30.3 Å². The molecule has 0 saturated heterocycles. The standard InChI is InChI=1S/C22H18N2O3/c1-2-23-15-6-4-3-5-13(15)14-11-12(7-8-16(14)23)24-21(25)19-17-9-10-18(27-17)20(19)22(24)26/h3-11,17-18,25-26H,2H2,1H3/t17-,18+. The largest absolute Gasteiger partial charge is 0.494 e. The Hall–Kier alpha value is -3.18. The van der Waals surface area contributed by atoms with Crippen LogP contribution in [0.4, 0.5) is 0 Å². The second-order valence-electron chi connectivity index (χ2n) is 7.14. The molecule has 4 aromatic rings. The summed E-state index contributed by atoms with van der Waals surface area (Å²) in [5.41, 5.74) is 4.43. The first-order valence-electron chi connectivity index (χ1n) is 9.20. The van der Waals surface area contributed by atoms with E-state index in [0.717, 1.165) is 23.1 Å². The van der Waals surface area contributed by atoms with E-state index in [-0.39, 0.29) is 24.0 Å². The highest BCUT2D eigenvalue weighted by Crippen LogP contribution is 2.55. The van der Waals surface area contributed by atoms with Crippen molar-refractivity contribution in [2.75, 3.05) is 0 Å². The fraction of sp³-hybridized carbons (Fsp3) is 0.182. The molecular formula is C22H18N2O3. The quantitative estimate of drug-likeness (QED) is 0.511. The van der Waals surface area contributed by atoms with Gasteiger partial charge in [-0.1, -0.05) is 30.4 Å². The summed E-state index contributed by atoms with van der Waals surface area (Å²) in [5.74, 6) is 0.107. The lowest BCUT2D eigenvalue weighted by Gasteiger charge is -2.11. The predicted octanol–water partition coefficient (Wildman–Crippen LogP) is 4.70. The summed E-state index contributed by atoms with van der Waals surface area (Å²) in [6.45, 7) is 3.01. The molecule has 6 rings (SSSR count). The van der Waals surface area contributed by atoms with Crippen LogP contribution in [0, 0.1) is 0 Å². The number of rotatable bonds is 2. The van der Waals surface area contributed by atoms with Gasteiger partial charge in [-0.25, -0.2) is 0 Å². The topological polar surface area (TPSA) is 59.5 Å². The van der Waals surface area contributed by atoms with E-state index in [2.05, 4.69) is 29.7 Å². The second-order valence-corrected chi connectivity index (χ2v) is 7.14. The number of hydrogen-bond donors (Lipinski definition) is 2. The van der Waals surface area contributed by atoms with Crippen molar-refractivity contribution < 1.29 is 14.9 Å². The predicted molar refractivity (Wildman–Crippen MR) is 103 cm³/mol. The number of aryl methyl sites for hydroxylation is 1. The number of nitrogens with zero attached hydrogens (tertiary/aromatic N) is 2. The summed E-state index contributed by atoms with van der Waals surface area (Å²) < 4.78 is 9.54. The van der Waals surface area contributed by atoms with Crippen molar-refractivity contribution >= 4 is 21.8 Å². The van der Waals surface area contributed by atoms with Gasteiger partial charge < -0.3 is 19.5 Å². The third kappa shape index (κ3) is 1.72. The van der Waals surface area contributed by atoms with Crippen molar-refractivity contribution in [2.24, 2.45) is 0 Å². The van der Waals surface area contributed by atoms with E-state index in [1.165, 1.54) is 15.5 Å². The Morgan fingerprint density at radius 3 is 2.26 bits per heavy atom. The number of ether oxygens (including phenoxy) is 1. The number of fused-ring (bicyclic) bond motifs is 8. The molecule has 5 nitrogen and oxygen atoms in total. The first kappa shape index (κ1) is 14.9. The van der Waals surface area contributed by atoms with Gasteiger partial charge in [0.2, 0.25) is 11.8 Å². The molecule has 0 unspecified atom stereocenters. The summed E-state index contributed by atoms with van der Waals surface area (Å²) in [6, 6.07) is 14.4. The van der Waals surface area contributed by atoms with Gasteiger partial charge in [-0.15, -0.1) is 0 Å². The zero-order valence-electron chi connectivity index (χ0n) is 14.8. The third-order valence-electron chi connectivity index (χ3n) is 5.85. The summed E-state index contributed by atoms with van der Waals surface area (Å²) >= 11 is 0. The van der Waals surface area contributed by atoms with Crippen molar-refractivity contribution in [3.63, 3.8) is 0 Å². The van der Waals surface area contributed by atoms with Crippen molar-refractivity contribution in [3.8, 4) is 17.4 Å². The van der Waals surface area contributed by atoms with Crippen LogP contribution >= 0.6 is 0 Å². The Labute approximate surface area is 155 Å². The van der Waals surface area contributed by atoms with Crippen LogP contribution in [0.5, 0.6) is 11.8 Å². The highest BCUT2D eigenvalue weighted by Gasteiger charge is 2.42. The smallest absolute Gasteiger partial charge is 0.205 e. The molecule has 2 aromatic carbocycles. The minimum Gasteiger partial charge on any atom is -0.494 e. The van der Waals surface area contributed by atoms with Crippen molar-refractivity contribution in [1.29, 1.82) is 0 Å². The maximum atomic E-state index is 10.8. The molecule has 0 radical (unpaired) electrons. The Kier molecular flexibility index (Phi) is 2.74. The first-order valence-corrected chi connectivity index (χ1v) is 9.20. The monoisotopic (exact) mass is 358 g/mol. The van der Waals surface area contributed by atoms with Crippen LogP contribution in [0.2, 0.25) is 0 Å². The summed E-state index contributed by atoms with van der Waals surface area (Å²) in [4.78, 5) is 0. The molecule has 0 fully saturated rings. The van der Waals surface area contributed by atoms with Gasteiger partial charge in [0, 0.05) is 28.4 Å². The molecule has 2 aliphatic rings. The number of hydrogen-bond acceptors (Lipinski definition) is 3. The molecule has 5 heteroatoms. The molecule has 2 aromatic heterocycles. The van der Waals surface area contributed by atoms with Gasteiger partial charge in [0.15, 0.2) is 0 Å². The van der Waals surface area contributed by atoms with Gasteiger partial charge >= 0.3 is 0 Å². The molecular weight excluding hydrogens is 340 g/mol. The van der Waals surface area contributed by atoms with Gasteiger partial charge in [0.25, 0.3) is 0 Å². The number of aromatic hydroxyl groups is 2. The molecule has 2 aliphatic heterocycles. The van der Waals surface area contributed by atoms with E-state index in [0.29, 0.717) is 11.1 Å². The minimum atomic E-state index is -0.275. The van der Waals surface area contributed by atoms with Crippen LogP contribution in [-0.2, 0) is 11.3 Å². The van der Waals surface area contributed by atoms with E-state index in [9.17, 15) is 10.2 Å². The number of aromatic nitrogens is 2. The van der Waals surface area contributed by atoms with Gasteiger partial charge in [-0.05, 0) is 31.2 Å². The summed E-state index contributed by atoms with van der Waals surface area (Å²) in [7, 11) is 0. The Morgan fingerprint density at radius 1 is 0.889 bits per heavy atom. The Morgan fingerprint density at radius 2 is 1.56 bits per heavy atom. The van der Waals surface area contributed by atoms with Gasteiger partial charge in [0.1, 0.15) is 12.2 Å². The number of benzene rings is 2. The lowest BCUT2D eigenvalue weighted by molar-refractivity contribution is 0.0842. The fourth-order valence-corrected chi connectivity index (χ4v) is 4.69. The van der Waals surface area contributed by atoms with Crippen molar-refractivity contribution in [3.05, 3.63) is 65.7 Å². The van der Waals surface area contributed by atoms with Crippen molar-refractivity contribution in [1.82, 2.24) is 9.13 Å². The second kappa shape index (κ2) is 4.96. The van der Waals surface area contributed by atoms with Crippen LogP contribution < -0.4 is 0 Å². The Bertz CT molecular complexity index is 1240. The first-order chi connectivity index (χ1) is 13.2. The van der Waals surface area contributed by atoms with Crippen LogP contribution in [0.25, 0.3) is 27.5 Å². The van der Waals surface area contributed by atoms with Crippen LogP contribution in [0.15, 0.2) is 54.6 Å².